The van der Waals surface area contributed by atoms with Gasteiger partial charge < -0.3 is 16.0 Å². The van der Waals surface area contributed by atoms with E-state index in [0.29, 0.717) is 12.1 Å². The second-order valence-electron chi connectivity index (χ2n) is 6.02. The first-order valence-electron chi connectivity index (χ1n) is 7.87. The van der Waals surface area contributed by atoms with Crippen molar-refractivity contribution in [3.05, 3.63) is 71.3 Å². The van der Waals surface area contributed by atoms with Gasteiger partial charge in [0.25, 0.3) is 5.91 Å². The third kappa shape index (κ3) is 5.51. The van der Waals surface area contributed by atoms with Gasteiger partial charge in [-0.05, 0) is 43.8 Å². The summed E-state index contributed by atoms with van der Waals surface area (Å²) in [6.07, 6.45) is 0.811. The van der Waals surface area contributed by atoms with Crippen molar-refractivity contribution in [2.24, 2.45) is 5.73 Å². The predicted octanol–water partition coefficient (Wildman–Crippen LogP) is 2.05. The fourth-order valence-corrected chi connectivity index (χ4v) is 2.56. The third-order valence-corrected chi connectivity index (χ3v) is 3.70. The molecule has 1 atom stereocenters. The SMILES string of the molecule is CN(C)CC(Cc1ccccc1)NC(=O)c1ccc(CN)cc1. The summed E-state index contributed by atoms with van der Waals surface area (Å²) in [6.45, 7) is 1.28. The molecule has 0 aliphatic carbocycles. The normalized spacial score (nSPS) is 12.2. The first-order chi connectivity index (χ1) is 11.1. The van der Waals surface area contributed by atoms with Gasteiger partial charge in [-0.25, -0.2) is 0 Å². The number of rotatable bonds is 7. The molecule has 0 heterocycles. The summed E-state index contributed by atoms with van der Waals surface area (Å²) in [6, 6.07) is 17.7. The fraction of sp³-hybridized carbons (Fsp3) is 0.316. The van der Waals surface area contributed by atoms with Gasteiger partial charge in [-0.1, -0.05) is 42.5 Å². The number of hydrogen-bond acceptors (Lipinski definition) is 3. The van der Waals surface area contributed by atoms with Crippen LogP contribution in [0.4, 0.5) is 0 Å². The molecule has 0 bridgehead atoms. The van der Waals surface area contributed by atoms with E-state index in [1.807, 2.05) is 56.6 Å². The Hall–Kier alpha value is -2.17. The molecular formula is C19H25N3O. The lowest BCUT2D eigenvalue weighted by molar-refractivity contribution is 0.0930. The van der Waals surface area contributed by atoms with Crippen molar-refractivity contribution >= 4 is 5.91 Å². The maximum absolute atomic E-state index is 12.5. The number of amides is 1. The number of nitrogens with one attached hydrogen (secondary N) is 1. The van der Waals surface area contributed by atoms with Crippen LogP contribution in [0.5, 0.6) is 0 Å². The second kappa shape index (κ2) is 8.46. The Bertz CT molecular complexity index is 608. The van der Waals surface area contributed by atoms with Gasteiger partial charge in [-0.15, -0.1) is 0 Å². The van der Waals surface area contributed by atoms with Gasteiger partial charge in [0.1, 0.15) is 0 Å². The number of benzene rings is 2. The van der Waals surface area contributed by atoms with E-state index < -0.39 is 0 Å². The fourth-order valence-electron chi connectivity index (χ4n) is 2.56. The van der Waals surface area contributed by atoms with Crippen molar-refractivity contribution in [1.82, 2.24) is 10.2 Å². The van der Waals surface area contributed by atoms with Crippen LogP contribution < -0.4 is 11.1 Å². The third-order valence-electron chi connectivity index (χ3n) is 3.70. The molecule has 2 aromatic carbocycles. The number of likely N-dealkylation sites (N-methyl/N-ethyl adjacent to an activating group) is 1. The Labute approximate surface area is 138 Å². The van der Waals surface area contributed by atoms with Gasteiger partial charge in [-0.3, -0.25) is 4.79 Å². The van der Waals surface area contributed by atoms with Crippen LogP contribution >= 0.6 is 0 Å². The van der Waals surface area contributed by atoms with Gasteiger partial charge >= 0.3 is 0 Å². The van der Waals surface area contributed by atoms with Crippen molar-refractivity contribution in [2.75, 3.05) is 20.6 Å². The first-order valence-corrected chi connectivity index (χ1v) is 7.87. The van der Waals surface area contributed by atoms with Crippen molar-refractivity contribution in [2.45, 2.75) is 19.0 Å². The summed E-state index contributed by atoms with van der Waals surface area (Å²) >= 11 is 0. The molecule has 23 heavy (non-hydrogen) atoms. The lowest BCUT2D eigenvalue weighted by Gasteiger charge is -2.22. The quantitative estimate of drug-likeness (QED) is 0.823. The van der Waals surface area contributed by atoms with Crippen molar-refractivity contribution in [3.8, 4) is 0 Å². The zero-order valence-electron chi connectivity index (χ0n) is 13.8. The van der Waals surface area contributed by atoms with E-state index in [-0.39, 0.29) is 11.9 Å². The molecule has 0 radical (unpaired) electrons. The second-order valence-corrected chi connectivity index (χ2v) is 6.02. The highest BCUT2D eigenvalue weighted by molar-refractivity contribution is 5.94. The molecule has 0 aromatic heterocycles. The van der Waals surface area contributed by atoms with Gasteiger partial charge in [0.2, 0.25) is 0 Å². The Morgan fingerprint density at radius 1 is 1.04 bits per heavy atom. The van der Waals surface area contributed by atoms with Crippen LogP contribution in [0.3, 0.4) is 0 Å². The number of hydrogen-bond donors (Lipinski definition) is 2. The highest BCUT2D eigenvalue weighted by Gasteiger charge is 2.15. The monoisotopic (exact) mass is 311 g/mol. The summed E-state index contributed by atoms with van der Waals surface area (Å²) in [5.41, 5.74) is 8.50. The van der Waals surface area contributed by atoms with Gasteiger partial charge in [0.05, 0.1) is 0 Å². The minimum Gasteiger partial charge on any atom is -0.348 e. The lowest BCUT2D eigenvalue weighted by Crippen LogP contribution is -2.43. The van der Waals surface area contributed by atoms with Crippen LogP contribution in [-0.2, 0) is 13.0 Å². The average molecular weight is 311 g/mol. The van der Waals surface area contributed by atoms with Crippen molar-refractivity contribution in [3.63, 3.8) is 0 Å². The van der Waals surface area contributed by atoms with Crippen LogP contribution in [-0.4, -0.2) is 37.5 Å². The molecule has 0 aliphatic rings. The lowest BCUT2D eigenvalue weighted by atomic mass is 10.0. The largest absolute Gasteiger partial charge is 0.348 e. The molecule has 1 unspecified atom stereocenters. The molecule has 0 aliphatic heterocycles. The highest BCUT2D eigenvalue weighted by Crippen LogP contribution is 2.07. The smallest absolute Gasteiger partial charge is 0.251 e. The molecule has 0 saturated heterocycles. The average Bonchev–Trinajstić information content (AvgIpc) is 2.55. The summed E-state index contributed by atoms with van der Waals surface area (Å²) < 4.78 is 0. The number of nitrogens with zero attached hydrogens (tertiary/aromatic N) is 1. The summed E-state index contributed by atoms with van der Waals surface area (Å²) in [5, 5.41) is 3.14. The van der Waals surface area contributed by atoms with Crippen molar-refractivity contribution in [1.29, 1.82) is 0 Å². The number of carbonyl (C=O) groups is 1. The maximum Gasteiger partial charge on any atom is 0.251 e. The maximum atomic E-state index is 12.5. The van der Waals surface area contributed by atoms with E-state index in [4.69, 9.17) is 5.73 Å². The van der Waals surface area contributed by atoms with Crippen LogP contribution in [0.25, 0.3) is 0 Å². The standard InChI is InChI=1S/C19H25N3O/c1-22(2)14-18(12-15-6-4-3-5-7-15)21-19(23)17-10-8-16(13-20)9-11-17/h3-11,18H,12-14,20H2,1-2H3,(H,21,23). The molecule has 2 rings (SSSR count). The van der Waals surface area contributed by atoms with Gasteiger partial charge in [-0.2, -0.15) is 0 Å². The molecule has 4 heteroatoms. The molecule has 0 fully saturated rings. The molecule has 2 aromatic rings. The van der Waals surface area contributed by atoms with E-state index in [0.717, 1.165) is 18.5 Å². The van der Waals surface area contributed by atoms with Crippen LogP contribution in [0.1, 0.15) is 21.5 Å². The molecule has 3 N–H and O–H groups in total. The van der Waals surface area contributed by atoms with Gasteiger partial charge in [0, 0.05) is 24.7 Å². The molecule has 0 spiro atoms. The Morgan fingerprint density at radius 2 is 1.70 bits per heavy atom. The van der Waals surface area contributed by atoms with E-state index >= 15 is 0 Å². The Morgan fingerprint density at radius 3 is 2.26 bits per heavy atom. The van der Waals surface area contributed by atoms with Crippen molar-refractivity contribution < 1.29 is 4.79 Å². The highest BCUT2D eigenvalue weighted by atomic mass is 16.1. The zero-order chi connectivity index (χ0) is 16.7. The Kier molecular flexibility index (Phi) is 6.32. The van der Waals surface area contributed by atoms with E-state index in [2.05, 4.69) is 22.3 Å². The minimum atomic E-state index is -0.0450. The molecule has 122 valence electrons. The van der Waals surface area contributed by atoms with Crippen LogP contribution in [0.2, 0.25) is 0 Å². The predicted molar refractivity (Wildman–Crippen MR) is 94.3 cm³/mol. The molecule has 1 amide bonds. The zero-order valence-corrected chi connectivity index (χ0v) is 13.8. The van der Waals surface area contributed by atoms with E-state index in [1.54, 1.807) is 0 Å². The number of nitrogens with two attached hydrogens (primary N) is 1. The summed E-state index contributed by atoms with van der Waals surface area (Å²) in [5.74, 6) is -0.0450. The van der Waals surface area contributed by atoms with Gasteiger partial charge in [0.15, 0.2) is 0 Å². The van der Waals surface area contributed by atoms with Crippen LogP contribution in [0, 0.1) is 0 Å². The number of carbonyl (C=O) groups excluding carboxylic acids is 1. The van der Waals surface area contributed by atoms with Crippen LogP contribution in [0.15, 0.2) is 54.6 Å². The summed E-state index contributed by atoms with van der Waals surface area (Å²) in [7, 11) is 4.03. The Balaban J connectivity index is 2.05. The molecule has 4 nitrogen and oxygen atoms in total. The first kappa shape index (κ1) is 17.2. The van der Waals surface area contributed by atoms with E-state index in [1.165, 1.54) is 5.56 Å². The summed E-state index contributed by atoms with van der Waals surface area (Å²) in [4.78, 5) is 14.6. The molecule has 0 saturated carbocycles. The van der Waals surface area contributed by atoms with E-state index in [9.17, 15) is 4.79 Å². The minimum absolute atomic E-state index is 0.0450. The topological polar surface area (TPSA) is 58.4 Å². The molecular weight excluding hydrogens is 286 g/mol.